The van der Waals surface area contributed by atoms with E-state index in [1.165, 1.54) is 0 Å². The molecule has 2 nitrogen and oxygen atoms in total. The average molecular weight is 176 g/mol. The van der Waals surface area contributed by atoms with Crippen molar-refractivity contribution >= 4 is 0 Å². The molecule has 0 heterocycles. The summed E-state index contributed by atoms with van der Waals surface area (Å²) in [5.74, 6) is 0.585. The van der Waals surface area contributed by atoms with Crippen LogP contribution in [0.3, 0.4) is 0 Å². The van der Waals surface area contributed by atoms with Crippen LogP contribution in [0.5, 0.6) is 5.75 Å². The number of hydrogen-bond acceptors (Lipinski definition) is 2. The summed E-state index contributed by atoms with van der Waals surface area (Å²) in [5, 5.41) is 18.4. The number of hydrogen-bond donors (Lipinski definition) is 2. The molecule has 1 aromatic carbocycles. The van der Waals surface area contributed by atoms with Crippen LogP contribution in [-0.2, 0) is 0 Å². The number of allylic oxidation sites excluding steroid dienone is 1. The van der Waals surface area contributed by atoms with Crippen LogP contribution in [0.4, 0.5) is 0 Å². The predicted octanol–water partition coefficient (Wildman–Crippen LogP) is 1.80. The Kier molecular flexibility index (Phi) is 2.07. The van der Waals surface area contributed by atoms with Crippen LogP contribution in [0.2, 0.25) is 0 Å². The van der Waals surface area contributed by atoms with Gasteiger partial charge >= 0.3 is 0 Å². The van der Waals surface area contributed by atoms with Gasteiger partial charge in [-0.15, -0.1) is 0 Å². The number of aliphatic hydroxyl groups is 1. The van der Waals surface area contributed by atoms with Gasteiger partial charge in [-0.1, -0.05) is 24.3 Å². The molecule has 0 aliphatic heterocycles. The Bertz CT molecular complexity index is 313. The molecule has 1 aromatic rings. The molecule has 13 heavy (non-hydrogen) atoms. The molecule has 1 aliphatic carbocycles. The third-order valence-electron chi connectivity index (χ3n) is 2.38. The van der Waals surface area contributed by atoms with Crippen molar-refractivity contribution in [3.05, 3.63) is 42.0 Å². The second-order valence-electron chi connectivity index (χ2n) is 3.39. The summed E-state index contributed by atoms with van der Waals surface area (Å²) in [6.07, 6.45) is 4.28. The fraction of sp³-hybridized carbons (Fsp3) is 0.273. The minimum absolute atomic E-state index is 0.284. The Morgan fingerprint density at radius 2 is 1.77 bits per heavy atom. The number of aliphatic hydroxyl groups excluding tert-OH is 1. The lowest BCUT2D eigenvalue weighted by Gasteiger charge is -2.08. The summed E-state index contributed by atoms with van der Waals surface area (Å²) in [6, 6.07) is 7.13. The van der Waals surface area contributed by atoms with Gasteiger partial charge in [-0.3, -0.25) is 0 Å². The van der Waals surface area contributed by atoms with E-state index < -0.39 is 0 Å². The van der Waals surface area contributed by atoms with Crippen molar-refractivity contribution < 1.29 is 10.2 Å². The van der Waals surface area contributed by atoms with Gasteiger partial charge in [0.05, 0.1) is 6.10 Å². The maximum Gasteiger partial charge on any atom is 0.115 e. The van der Waals surface area contributed by atoms with Crippen molar-refractivity contribution in [1.29, 1.82) is 0 Å². The van der Waals surface area contributed by atoms with Gasteiger partial charge in [-0.2, -0.15) is 0 Å². The molecule has 2 N–H and O–H groups in total. The lowest BCUT2D eigenvalue weighted by atomic mass is 9.98. The standard InChI is InChI=1S/C11H12O2/c12-10-4-1-8(2-5-10)9-3-6-11(13)7-9/h1-6,9,11-13H,7H2/t9-,11+/m0/s1. The molecule has 0 saturated carbocycles. The molecular formula is C11H12O2. The second-order valence-corrected chi connectivity index (χ2v) is 3.39. The first-order chi connectivity index (χ1) is 6.25. The van der Waals surface area contributed by atoms with Gasteiger partial charge in [-0.25, -0.2) is 0 Å². The molecule has 1 aliphatic rings. The summed E-state index contributed by atoms with van der Waals surface area (Å²) in [5.41, 5.74) is 1.14. The number of aromatic hydroxyl groups is 1. The zero-order chi connectivity index (χ0) is 9.26. The second kappa shape index (κ2) is 3.23. The summed E-state index contributed by atoms with van der Waals surface area (Å²) in [7, 11) is 0. The van der Waals surface area contributed by atoms with E-state index in [1.807, 2.05) is 24.3 Å². The molecule has 0 amide bonds. The first kappa shape index (κ1) is 8.32. The fourth-order valence-electron chi connectivity index (χ4n) is 1.65. The van der Waals surface area contributed by atoms with E-state index in [9.17, 15) is 5.11 Å². The van der Waals surface area contributed by atoms with Gasteiger partial charge < -0.3 is 10.2 Å². The minimum atomic E-state index is -0.307. The van der Waals surface area contributed by atoms with Crippen LogP contribution in [0, 0.1) is 0 Å². The molecule has 0 fully saturated rings. The van der Waals surface area contributed by atoms with Crippen LogP contribution in [0.25, 0.3) is 0 Å². The van der Waals surface area contributed by atoms with E-state index in [2.05, 4.69) is 0 Å². The number of rotatable bonds is 1. The maximum absolute atomic E-state index is 9.28. The first-order valence-corrected chi connectivity index (χ1v) is 4.41. The molecule has 2 rings (SSSR count). The summed E-state index contributed by atoms with van der Waals surface area (Å²) < 4.78 is 0. The first-order valence-electron chi connectivity index (χ1n) is 4.41. The molecule has 0 bridgehead atoms. The monoisotopic (exact) mass is 176 g/mol. The van der Waals surface area contributed by atoms with Crippen molar-refractivity contribution in [2.75, 3.05) is 0 Å². The highest BCUT2D eigenvalue weighted by Crippen LogP contribution is 2.29. The van der Waals surface area contributed by atoms with Crippen LogP contribution in [0.1, 0.15) is 17.9 Å². The summed E-state index contributed by atoms with van der Waals surface area (Å²) >= 11 is 0. The zero-order valence-corrected chi connectivity index (χ0v) is 7.22. The molecular weight excluding hydrogens is 164 g/mol. The average Bonchev–Trinajstić information content (AvgIpc) is 2.53. The van der Waals surface area contributed by atoms with Crippen LogP contribution >= 0.6 is 0 Å². The van der Waals surface area contributed by atoms with Gasteiger partial charge in [0.1, 0.15) is 5.75 Å². The Labute approximate surface area is 77.1 Å². The van der Waals surface area contributed by atoms with E-state index in [-0.39, 0.29) is 11.9 Å². The molecule has 0 spiro atoms. The van der Waals surface area contributed by atoms with E-state index in [1.54, 1.807) is 12.1 Å². The quantitative estimate of drug-likeness (QED) is 0.640. The topological polar surface area (TPSA) is 40.5 Å². The lowest BCUT2D eigenvalue weighted by molar-refractivity contribution is 0.218. The molecule has 0 saturated heterocycles. The Morgan fingerprint density at radius 1 is 1.08 bits per heavy atom. The largest absolute Gasteiger partial charge is 0.508 e. The summed E-state index contributed by atoms with van der Waals surface area (Å²) in [4.78, 5) is 0. The Hall–Kier alpha value is -1.28. The van der Waals surface area contributed by atoms with E-state index in [4.69, 9.17) is 5.11 Å². The fourth-order valence-corrected chi connectivity index (χ4v) is 1.65. The smallest absolute Gasteiger partial charge is 0.115 e. The normalized spacial score (nSPS) is 26.5. The minimum Gasteiger partial charge on any atom is -0.508 e. The zero-order valence-electron chi connectivity index (χ0n) is 7.22. The van der Waals surface area contributed by atoms with Crippen LogP contribution in [0.15, 0.2) is 36.4 Å². The Morgan fingerprint density at radius 3 is 2.31 bits per heavy atom. The van der Waals surface area contributed by atoms with Crippen LogP contribution < -0.4 is 0 Å². The van der Waals surface area contributed by atoms with E-state index >= 15 is 0 Å². The summed E-state index contributed by atoms with van der Waals surface area (Å²) in [6.45, 7) is 0. The van der Waals surface area contributed by atoms with Crippen LogP contribution in [-0.4, -0.2) is 16.3 Å². The molecule has 2 atom stereocenters. The number of phenolic OH excluding ortho intramolecular Hbond substituents is 1. The SMILES string of the molecule is Oc1ccc([C@H]2C=C[C@@H](O)C2)cc1. The molecule has 0 unspecified atom stereocenters. The third kappa shape index (κ3) is 1.73. The van der Waals surface area contributed by atoms with Crippen molar-refractivity contribution in [3.8, 4) is 5.75 Å². The Balaban J connectivity index is 2.18. The molecule has 0 aromatic heterocycles. The van der Waals surface area contributed by atoms with E-state index in [0.29, 0.717) is 5.92 Å². The molecule has 2 heteroatoms. The predicted molar refractivity (Wildman–Crippen MR) is 50.6 cm³/mol. The number of benzene rings is 1. The lowest BCUT2D eigenvalue weighted by Crippen LogP contribution is -2.00. The highest BCUT2D eigenvalue weighted by molar-refractivity contribution is 5.32. The van der Waals surface area contributed by atoms with Gasteiger partial charge in [-0.05, 0) is 24.1 Å². The number of phenols is 1. The van der Waals surface area contributed by atoms with Gasteiger partial charge in [0.2, 0.25) is 0 Å². The van der Waals surface area contributed by atoms with Crippen molar-refractivity contribution in [2.45, 2.75) is 18.4 Å². The van der Waals surface area contributed by atoms with Gasteiger partial charge in [0.25, 0.3) is 0 Å². The van der Waals surface area contributed by atoms with E-state index in [0.717, 1.165) is 12.0 Å². The van der Waals surface area contributed by atoms with Crippen molar-refractivity contribution in [2.24, 2.45) is 0 Å². The van der Waals surface area contributed by atoms with Crippen molar-refractivity contribution in [1.82, 2.24) is 0 Å². The molecule has 68 valence electrons. The maximum atomic E-state index is 9.28. The molecule has 0 radical (unpaired) electrons. The highest BCUT2D eigenvalue weighted by Gasteiger charge is 2.17. The van der Waals surface area contributed by atoms with Crippen molar-refractivity contribution in [3.63, 3.8) is 0 Å². The third-order valence-corrected chi connectivity index (χ3v) is 2.38. The van der Waals surface area contributed by atoms with Gasteiger partial charge in [0.15, 0.2) is 0 Å². The highest BCUT2D eigenvalue weighted by atomic mass is 16.3. The van der Waals surface area contributed by atoms with Gasteiger partial charge in [0, 0.05) is 5.92 Å².